The summed E-state index contributed by atoms with van der Waals surface area (Å²) in [5.41, 5.74) is 7.30. The molecule has 0 aromatic heterocycles. The first-order chi connectivity index (χ1) is 15.9. The Labute approximate surface area is 200 Å². The molecule has 34 heavy (non-hydrogen) atoms. The lowest BCUT2D eigenvalue weighted by molar-refractivity contribution is -0.145. The molecule has 1 aromatic carbocycles. The molecule has 1 aliphatic heterocycles. The van der Waals surface area contributed by atoms with E-state index in [9.17, 15) is 18.0 Å². The van der Waals surface area contributed by atoms with Gasteiger partial charge in [-0.15, -0.1) is 0 Å². The van der Waals surface area contributed by atoms with Crippen LogP contribution in [0.3, 0.4) is 0 Å². The number of nitrogens with one attached hydrogen (secondary N) is 3. The maximum atomic E-state index is 13.5. The van der Waals surface area contributed by atoms with Crippen molar-refractivity contribution >= 4 is 27.9 Å². The van der Waals surface area contributed by atoms with Gasteiger partial charge in [0.15, 0.2) is 0 Å². The van der Waals surface area contributed by atoms with Crippen LogP contribution in [-0.4, -0.2) is 70.0 Å². The topological polar surface area (TPSA) is 164 Å². The standard InChI is InChI=1S/C22H35N5O6S/c1-13-12-18(32-4)14(2)15(3)19(13)34(30,31)27(22(23)24)11-7-9-17(21(29)33-5)26-20(28)16-8-6-10-25-16/h12,16-17,25H,6-11H2,1-5H3,(H3,23,24)(H,26,28)/t16-,17-/m0/s1. The monoisotopic (exact) mass is 497 g/mol. The molecular formula is C22H35N5O6S. The van der Waals surface area contributed by atoms with E-state index in [1.165, 1.54) is 14.2 Å². The van der Waals surface area contributed by atoms with Gasteiger partial charge in [0.1, 0.15) is 11.8 Å². The molecule has 2 atom stereocenters. The van der Waals surface area contributed by atoms with Crippen LogP contribution in [0.4, 0.5) is 0 Å². The van der Waals surface area contributed by atoms with Crippen molar-refractivity contribution in [1.82, 2.24) is 14.9 Å². The number of esters is 1. The Morgan fingerprint density at radius 2 is 1.97 bits per heavy atom. The minimum atomic E-state index is -4.15. The number of rotatable bonds is 10. The quantitative estimate of drug-likeness (QED) is 0.208. The van der Waals surface area contributed by atoms with E-state index in [1.54, 1.807) is 26.8 Å². The first kappa shape index (κ1) is 27.4. The van der Waals surface area contributed by atoms with Crippen molar-refractivity contribution in [3.63, 3.8) is 0 Å². The molecule has 1 amide bonds. The van der Waals surface area contributed by atoms with Crippen molar-refractivity contribution in [3.8, 4) is 5.75 Å². The molecule has 1 heterocycles. The van der Waals surface area contributed by atoms with Gasteiger partial charge in [0.05, 0.1) is 25.2 Å². The third-order valence-corrected chi connectivity index (χ3v) is 8.15. The summed E-state index contributed by atoms with van der Waals surface area (Å²) >= 11 is 0. The molecule has 0 unspecified atom stereocenters. The van der Waals surface area contributed by atoms with E-state index < -0.39 is 28.0 Å². The maximum Gasteiger partial charge on any atom is 0.328 e. The van der Waals surface area contributed by atoms with Crippen LogP contribution in [-0.2, 0) is 24.3 Å². The lowest BCUT2D eigenvalue weighted by Crippen LogP contribution is -2.49. The summed E-state index contributed by atoms with van der Waals surface area (Å²) in [6.45, 7) is 5.67. The molecule has 0 spiro atoms. The Balaban J connectivity index is 2.20. The van der Waals surface area contributed by atoms with Crippen LogP contribution >= 0.6 is 0 Å². The molecule has 0 bridgehead atoms. The molecule has 0 radical (unpaired) electrons. The number of nitrogens with zero attached hydrogens (tertiary/aromatic N) is 1. The number of nitrogens with two attached hydrogens (primary N) is 1. The summed E-state index contributed by atoms with van der Waals surface area (Å²) in [6, 6.07) is 0.321. The van der Waals surface area contributed by atoms with Gasteiger partial charge in [0.2, 0.25) is 11.9 Å². The van der Waals surface area contributed by atoms with Crippen LogP contribution in [0.5, 0.6) is 5.75 Å². The van der Waals surface area contributed by atoms with E-state index in [1.807, 2.05) is 0 Å². The second kappa shape index (κ2) is 11.5. The zero-order valence-electron chi connectivity index (χ0n) is 20.4. The van der Waals surface area contributed by atoms with E-state index in [0.29, 0.717) is 28.9 Å². The predicted octanol–water partition coefficient (Wildman–Crippen LogP) is 0.695. The highest BCUT2D eigenvalue weighted by Crippen LogP contribution is 2.32. The molecule has 0 saturated carbocycles. The van der Waals surface area contributed by atoms with Crippen LogP contribution in [0.15, 0.2) is 11.0 Å². The Bertz CT molecular complexity index is 1040. The summed E-state index contributed by atoms with van der Waals surface area (Å²) in [5, 5.41) is 13.6. The third-order valence-electron chi connectivity index (χ3n) is 6.05. The highest BCUT2D eigenvalue weighted by atomic mass is 32.2. The zero-order chi connectivity index (χ0) is 25.6. The number of sulfonamides is 1. The minimum absolute atomic E-state index is 0.0612. The molecule has 2 rings (SSSR count). The van der Waals surface area contributed by atoms with Gasteiger partial charge in [0, 0.05) is 6.54 Å². The number of hydrogen-bond donors (Lipinski definition) is 4. The fraction of sp³-hybridized carbons (Fsp3) is 0.591. The van der Waals surface area contributed by atoms with Gasteiger partial charge in [-0.1, -0.05) is 0 Å². The Hall–Kier alpha value is -2.86. The molecule has 1 fully saturated rings. The second-order valence-electron chi connectivity index (χ2n) is 8.31. The highest BCUT2D eigenvalue weighted by Gasteiger charge is 2.32. The van der Waals surface area contributed by atoms with Crippen molar-refractivity contribution in [2.45, 2.75) is 63.4 Å². The Morgan fingerprint density at radius 3 is 2.50 bits per heavy atom. The lowest BCUT2D eigenvalue weighted by atomic mass is 10.1. The first-order valence-electron chi connectivity index (χ1n) is 11.1. The molecule has 5 N–H and O–H groups in total. The molecule has 12 heteroatoms. The fourth-order valence-corrected chi connectivity index (χ4v) is 5.98. The molecule has 1 saturated heterocycles. The van der Waals surface area contributed by atoms with Gasteiger partial charge in [-0.2, -0.15) is 0 Å². The zero-order valence-corrected chi connectivity index (χ0v) is 21.2. The van der Waals surface area contributed by atoms with Gasteiger partial charge in [-0.3, -0.25) is 10.2 Å². The Kier molecular flexibility index (Phi) is 9.28. The summed E-state index contributed by atoms with van der Waals surface area (Å²) in [6.07, 6.45) is 1.82. The van der Waals surface area contributed by atoms with Crippen LogP contribution in [0, 0.1) is 26.2 Å². The maximum absolute atomic E-state index is 13.5. The number of amides is 1. The van der Waals surface area contributed by atoms with Crippen LogP contribution in [0.2, 0.25) is 0 Å². The Morgan fingerprint density at radius 1 is 1.29 bits per heavy atom. The average Bonchev–Trinajstić information content (AvgIpc) is 3.32. The number of methoxy groups -OCH3 is 2. The normalized spacial score (nSPS) is 16.6. The summed E-state index contributed by atoms with van der Waals surface area (Å²) < 4.78 is 37.9. The van der Waals surface area contributed by atoms with Crippen molar-refractivity contribution in [1.29, 1.82) is 5.41 Å². The third kappa shape index (κ3) is 5.98. The van der Waals surface area contributed by atoms with Crippen LogP contribution < -0.4 is 21.1 Å². The van der Waals surface area contributed by atoms with Crippen molar-refractivity contribution in [3.05, 3.63) is 22.8 Å². The number of benzene rings is 1. The number of guanidine groups is 1. The molecule has 1 aliphatic rings. The number of aryl methyl sites for hydroxylation is 1. The first-order valence-corrected chi connectivity index (χ1v) is 12.5. The second-order valence-corrected chi connectivity index (χ2v) is 10.1. The summed E-state index contributed by atoms with van der Waals surface area (Å²) in [7, 11) is -1.42. The van der Waals surface area contributed by atoms with Gasteiger partial charge < -0.3 is 25.8 Å². The minimum Gasteiger partial charge on any atom is -0.496 e. The van der Waals surface area contributed by atoms with Crippen LogP contribution in [0.25, 0.3) is 0 Å². The van der Waals surface area contributed by atoms with Gasteiger partial charge in [-0.25, -0.2) is 17.5 Å². The van der Waals surface area contributed by atoms with E-state index in [2.05, 4.69) is 10.6 Å². The van der Waals surface area contributed by atoms with E-state index >= 15 is 0 Å². The summed E-state index contributed by atoms with van der Waals surface area (Å²) in [5.74, 6) is -0.997. The highest BCUT2D eigenvalue weighted by molar-refractivity contribution is 7.89. The van der Waals surface area contributed by atoms with Gasteiger partial charge in [-0.05, 0) is 75.8 Å². The molecule has 0 aliphatic carbocycles. The number of carbonyl (C=O) groups excluding carboxylic acids is 2. The van der Waals surface area contributed by atoms with E-state index in [0.717, 1.165) is 17.3 Å². The van der Waals surface area contributed by atoms with Gasteiger partial charge in [0.25, 0.3) is 10.0 Å². The number of carbonyl (C=O) groups is 2. The summed E-state index contributed by atoms with van der Waals surface area (Å²) in [4.78, 5) is 24.7. The predicted molar refractivity (Wildman–Crippen MR) is 127 cm³/mol. The van der Waals surface area contributed by atoms with Crippen molar-refractivity contribution < 1.29 is 27.5 Å². The number of hydrogen-bond acceptors (Lipinski definition) is 8. The van der Waals surface area contributed by atoms with Crippen molar-refractivity contribution in [2.24, 2.45) is 5.73 Å². The average molecular weight is 498 g/mol. The van der Waals surface area contributed by atoms with E-state index in [-0.39, 0.29) is 36.2 Å². The SMILES string of the molecule is COC(=O)[C@H](CCCN(C(=N)N)S(=O)(=O)c1c(C)cc(OC)c(C)c1C)NC(=O)[C@@H]1CCCN1. The van der Waals surface area contributed by atoms with Crippen molar-refractivity contribution in [2.75, 3.05) is 27.3 Å². The van der Waals surface area contributed by atoms with E-state index in [4.69, 9.17) is 20.6 Å². The molecular weight excluding hydrogens is 462 g/mol. The fourth-order valence-electron chi connectivity index (χ4n) is 4.12. The number of ether oxygens (including phenoxy) is 2. The molecule has 1 aromatic rings. The van der Waals surface area contributed by atoms with Crippen LogP contribution in [0.1, 0.15) is 42.4 Å². The smallest absolute Gasteiger partial charge is 0.328 e. The lowest BCUT2D eigenvalue weighted by Gasteiger charge is -2.26. The molecule has 11 nitrogen and oxygen atoms in total. The van der Waals surface area contributed by atoms with Gasteiger partial charge >= 0.3 is 5.97 Å². The largest absolute Gasteiger partial charge is 0.496 e. The molecule has 190 valence electrons.